The zero-order valence-corrected chi connectivity index (χ0v) is 15.2. The van der Waals surface area contributed by atoms with Crippen molar-refractivity contribution in [2.45, 2.75) is 20.4 Å². The zero-order chi connectivity index (χ0) is 17.8. The lowest BCUT2D eigenvalue weighted by Gasteiger charge is -2.15. The SMILES string of the molecule is Cc1cc(C)cc(OCC(=O)N(C)Cc2nc(-c3cccs3)no2)c1. The molecular weight excluding hydrogens is 338 g/mol. The molecule has 0 unspecified atom stereocenters. The molecular formula is C18H19N3O3S. The fourth-order valence-electron chi connectivity index (χ4n) is 2.39. The Morgan fingerprint density at radius 2 is 2.04 bits per heavy atom. The molecule has 0 N–H and O–H groups in total. The number of aromatic nitrogens is 2. The maximum Gasteiger partial charge on any atom is 0.260 e. The van der Waals surface area contributed by atoms with Gasteiger partial charge < -0.3 is 14.2 Å². The summed E-state index contributed by atoms with van der Waals surface area (Å²) < 4.78 is 10.8. The van der Waals surface area contributed by atoms with Crippen LogP contribution in [0.4, 0.5) is 0 Å². The van der Waals surface area contributed by atoms with Crippen LogP contribution in [0.1, 0.15) is 17.0 Å². The van der Waals surface area contributed by atoms with Gasteiger partial charge in [-0.1, -0.05) is 17.3 Å². The summed E-state index contributed by atoms with van der Waals surface area (Å²) in [6, 6.07) is 9.72. The van der Waals surface area contributed by atoms with Crippen LogP contribution in [0.15, 0.2) is 40.2 Å². The maximum absolute atomic E-state index is 12.2. The number of benzene rings is 1. The number of carbonyl (C=O) groups is 1. The van der Waals surface area contributed by atoms with Gasteiger partial charge in [0.1, 0.15) is 5.75 Å². The number of hydrogen-bond donors (Lipinski definition) is 0. The molecule has 130 valence electrons. The minimum absolute atomic E-state index is 0.0364. The van der Waals surface area contributed by atoms with Gasteiger partial charge in [0.05, 0.1) is 11.4 Å². The van der Waals surface area contributed by atoms with Gasteiger partial charge in [0, 0.05) is 7.05 Å². The Morgan fingerprint density at radius 3 is 2.72 bits per heavy atom. The molecule has 6 nitrogen and oxygen atoms in total. The van der Waals surface area contributed by atoms with E-state index in [0.717, 1.165) is 16.0 Å². The molecule has 0 aliphatic rings. The quantitative estimate of drug-likeness (QED) is 0.676. The van der Waals surface area contributed by atoms with Crippen LogP contribution in [0.3, 0.4) is 0 Å². The van der Waals surface area contributed by atoms with Crippen molar-refractivity contribution in [2.75, 3.05) is 13.7 Å². The number of thiophene rings is 1. The molecule has 3 rings (SSSR count). The highest BCUT2D eigenvalue weighted by Gasteiger charge is 2.15. The van der Waals surface area contributed by atoms with E-state index in [2.05, 4.69) is 16.2 Å². The average Bonchev–Trinajstić information content (AvgIpc) is 3.22. The fraction of sp³-hybridized carbons (Fsp3) is 0.278. The first-order valence-corrected chi connectivity index (χ1v) is 8.71. The van der Waals surface area contributed by atoms with Gasteiger partial charge in [-0.3, -0.25) is 4.79 Å². The van der Waals surface area contributed by atoms with Crippen molar-refractivity contribution in [3.63, 3.8) is 0 Å². The number of likely N-dealkylation sites (N-methyl/N-ethyl adjacent to an activating group) is 1. The number of carbonyl (C=O) groups excluding carboxylic acids is 1. The Hall–Kier alpha value is -2.67. The summed E-state index contributed by atoms with van der Waals surface area (Å²) in [6.45, 7) is 4.20. The van der Waals surface area contributed by atoms with Crippen LogP contribution in [0.2, 0.25) is 0 Å². The van der Waals surface area contributed by atoms with Gasteiger partial charge in [-0.05, 0) is 48.6 Å². The van der Waals surface area contributed by atoms with Crippen molar-refractivity contribution in [3.05, 3.63) is 52.7 Å². The molecule has 3 aromatic rings. The van der Waals surface area contributed by atoms with Crippen LogP contribution in [0, 0.1) is 13.8 Å². The number of aryl methyl sites for hydroxylation is 2. The van der Waals surface area contributed by atoms with E-state index in [4.69, 9.17) is 9.26 Å². The topological polar surface area (TPSA) is 68.5 Å². The molecule has 0 aliphatic carbocycles. The molecule has 0 spiro atoms. The van der Waals surface area contributed by atoms with Gasteiger partial charge in [-0.25, -0.2) is 0 Å². The summed E-state index contributed by atoms with van der Waals surface area (Å²) in [5.74, 6) is 1.47. The highest BCUT2D eigenvalue weighted by Crippen LogP contribution is 2.21. The van der Waals surface area contributed by atoms with Gasteiger partial charge in [0.2, 0.25) is 11.7 Å². The molecule has 25 heavy (non-hydrogen) atoms. The highest BCUT2D eigenvalue weighted by molar-refractivity contribution is 7.13. The summed E-state index contributed by atoms with van der Waals surface area (Å²) in [5.41, 5.74) is 2.20. The van der Waals surface area contributed by atoms with Crippen molar-refractivity contribution < 1.29 is 14.1 Å². The lowest BCUT2D eigenvalue weighted by molar-refractivity contribution is -0.132. The van der Waals surface area contributed by atoms with Gasteiger partial charge in [0.25, 0.3) is 5.91 Å². The zero-order valence-electron chi connectivity index (χ0n) is 14.4. The molecule has 2 aromatic heterocycles. The normalized spacial score (nSPS) is 10.7. The number of hydrogen-bond acceptors (Lipinski definition) is 6. The van der Waals surface area contributed by atoms with Crippen molar-refractivity contribution >= 4 is 17.2 Å². The molecule has 0 fully saturated rings. The molecule has 0 saturated heterocycles. The van der Waals surface area contributed by atoms with Crippen LogP contribution in [-0.2, 0) is 11.3 Å². The second kappa shape index (κ2) is 7.48. The second-order valence-electron chi connectivity index (χ2n) is 5.85. The molecule has 1 amide bonds. The third-order valence-electron chi connectivity index (χ3n) is 3.57. The maximum atomic E-state index is 12.2. The number of ether oxygens (including phenoxy) is 1. The predicted molar refractivity (Wildman–Crippen MR) is 95.5 cm³/mol. The molecule has 7 heteroatoms. The van der Waals surface area contributed by atoms with Crippen LogP contribution in [0.25, 0.3) is 10.7 Å². The van der Waals surface area contributed by atoms with Crippen LogP contribution in [0.5, 0.6) is 5.75 Å². The summed E-state index contributed by atoms with van der Waals surface area (Å²) in [5, 5.41) is 5.89. The van der Waals surface area contributed by atoms with Crippen molar-refractivity contribution in [2.24, 2.45) is 0 Å². The monoisotopic (exact) mass is 357 g/mol. The van der Waals surface area contributed by atoms with E-state index in [1.807, 2.05) is 43.5 Å². The highest BCUT2D eigenvalue weighted by atomic mass is 32.1. The van der Waals surface area contributed by atoms with E-state index in [1.165, 1.54) is 16.2 Å². The Balaban J connectivity index is 1.55. The predicted octanol–water partition coefficient (Wildman–Crippen LogP) is 3.45. The van der Waals surface area contributed by atoms with Gasteiger partial charge >= 0.3 is 0 Å². The smallest absolute Gasteiger partial charge is 0.260 e. The number of rotatable bonds is 6. The molecule has 1 aromatic carbocycles. The van der Waals surface area contributed by atoms with Crippen molar-refractivity contribution in [3.8, 4) is 16.5 Å². The summed E-state index contributed by atoms with van der Waals surface area (Å²) in [4.78, 5) is 19.0. The van der Waals surface area contributed by atoms with E-state index < -0.39 is 0 Å². The van der Waals surface area contributed by atoms with Gasteiger partial charge in [-0.2, -0.15) is 4.98 Å². The Kier molecular flexibility index (Phi) is 5.14. The van der Waals surface area contributed by atoms with Gasteiger partial charge in [-0.15, -0.1) is 11.3 Å². The van der Waals surface area contributed by atoms with E-state index in [9.17, 15) is 4.79 Å². The minimum Gasteiger partial charge on any atom is -0.484 e. The van der Waals surface area contributed by atoms with E-state index in [0.29, 0.717) is 17.5 Å². The molecule has 0 bridgehead atoms. The third-order valence-corrected chi connectivity index (χ3v) is 4.43. The third kappa shape index (κ3) is 4.45. The largest absolute Gasteiger partial charge is 0.484 e. The standard InChI is InChI=1S/C18H19N3O3S/c1-12-7-13(2)9-14(8-12)23-11-17(22)21(3)10-16-19-18(20-24-16)15-5-4-6-25-15/h4-9H,10-11H2,1-3H3. The first-order chi connectivity index (χ1) is 12.0. The second-order valence-corrected chi connectivity index (χ2v) is 6.80. The first kappa shape index (κ1) is 17.2. The Labute approximate surface area is 150 Å². The van der Waals surface area contributed by atoms with Crippen LogP contribution >= 0.6 is 11.3 Å². The minimum atomic E-state index is -0.157. The lowest BCUT2D eigenvalue weighted by Crippen LogP contribution is -2.31. The Bertz CT molecular complexity index is 838. The summed E-state index contributed by atoms with van der Waals surface area (Å²) in [7, 11) is 1.68. The number of amides is 1. The van der Waals surface area contributed by atoms with Crippen molar-refractivity contribution in [1.29, 1.82) is 0 Å². The first-order valence-electron chi connectivity index (χ1n) is 7.83. The van der Waals surface area contributed by atoms with E-state index in [1.54, 1.807) is 7.05 Å². The van der Waals surface area contributed by atoms with Crippen molar-refractivity contribution in [1.82, 2.24) is 15.0 Å². The fourth-order valence-corrected chi connectivity index (χ4v) is 3.04. The molecule has 0 aliphatic heterocycles. The van der Waals surface area contributed by atoms with E-state index in [-0.39, 0.29) is 19.1 Å². The van der Waals surface area contributed by atoms with Gasteiger partial charge in [0.15, 0.2) is 6.61 Å². The van der Waals surface area contributed by atoms with Crippen LogP contribution in [-0.4, -0.2) is 34.6 Å². The molecule has 0 radical (unpaired) electrons. The lowest BCUT2D eigenvalue weighted by atomic mass is 10.1. The molecule has 0 saturated carbocycles. The summed E-state index contributed by atoms with van der Waals surface area (Å²) >= 11 is 1.54. The molecule has 2 heterocycles. The van der Waals surface area contributed by atoms with E-state index >= 15 is 0 Å². The number of nitrogens with zero attached hydrogens (tertiary/aromatic N) is 3. The molecule has 0 atom stereocenters. The summed E-state index contributed by atoms with van der Waals surface area (Å²) in [6.07, 6.45) is 0. The van der Waals surface area contributed by atoms with Crippen LogP contribution < -0.4 is 4.74 Å². The Morgan fingerprint density at radius 1 is 1.28 bits per heavy atom. The average molecular weight is 357 g/mol.